The second-order valence-electron chi connectivity index (χ2n) is 5.04. The number of amides is 1. The predicted molar refractivity (Wildman–Crippen MR) is 94.6 cm³/mol. The van der Waals surface area contributed by atoms with Gasteiger partial charge in [-0.1, -0.05) is 36.5 Å². The molecule has 1 amide bonds. The van der Waals surface area contributed by atoms with Gasteiger partial charge in [-0.15, -0.1) is 0 Å². The topological polar surface area (TPSA) is 66.9 Å². The molecule has 7 heteroatoms. The Morgan fingerprint density at radius 3 is 2.74 bits per heavy atom. The zero-order valence-electron chi connectivity index (χ0n) is 13.0. The molecule has 0 aliphatic carbocycles. The van der Waals surface area contributed by atoms with Gasteiger partial charge in [0.05, 0.1) is 10.7 Å². The summed E-state index contributed by atoms with van der Waals surface area (Å²) < 4.78 is 0. The summed E-state index contributed by atoms with van der Waals surface area (Å²) >= 11 is 12.0. The SMILES string of the molecule is CCCCNc1cc(C(=O)Nc2cc(Cl)ccc2Cl)nc(C)n1. The lowest BCUT2D eigenvalue weighted by atomic mass is 10.3. The molecule has 2 aromatic rings. The van der Waals surface area contributed by atoms with Gasteiger partial charge in [-0.2, -0.15) is 0 Å². The molecular weight excluding hydrogens is 335 g/mol. The summed E-state index contributed by atoms with van der Waals surface area (Å²) in [4.78, 5) is 20.8. The number of hydrogen-bond acceptors (Lipinski definition) is 4. The Kier molecular flexibility index (Phi) is 6.19. The first kappa shape index (κ1) is 17.5. The van der Waals surface area contributed by atoms with Crippen LogP contribution in [0, 0.1) is 6.92 Å². The number of aromatic nitrogens is 2. The van der Waals surface area contributed by atoms with Crippen molar-refractivity contribution in [3.8, 4) is 0 Å². The lowest BCUT2D eigenvalue weighted by Crippen LogP contribution is -2.16. The van der Waals surface area contributed by atoms with Crippen LogP contribution < -0.4 is 10.6 Å². The molecule has 122 valence electrons. The van der Waals surface area contributed by atoms with E-state index in [1.54, 1.807) is 31.2 Å². The van der Waals surface area contributed by atoms with E-state index < -0.39 is 0 Å². The molecule has 0 aliphatic heterocycles. The maximum absolute atomic E-state index is 12.4. The Morgan fingerprint density at radius 1 is 1.22 bits per heavy atom. The number of aryl methyl sites for hydroxylation is 1. The van der Waals surface area contributed by atoms with Gasteiger partial charge in [0.25, 0.3) is 5.91 Å². The molecule has 2 N–H and O–H groups in total. The van der Waals surface area contributed by atoms with Crippen molar-refractivity contribution >= 4 is 40.6 Å². The number of rotatable bonds is 6. The van der Waals surface area contributed by atoms with Gasteiger partial charge in [0.1, 0.15) is 17.3 Å². The molecule has 0 saturated heterocycles. The minimum absolute atomic E-state index is 0.271. The Bertz CT molecular complexity index is 706. The number of nitrogens with one attached hydrogen (secondary N) is 2. The summed E-state index contributed by atoms with van der Waals surface area (Å²) in [6, 6.07) is 6.50. The van der Waals surface area contributed by atoms with Crippen molar-refractivity contribution in [2.75, 3.05) is 17.2 Å². The number of anilines is 2. The maximum Gasteiger partial charge on any atom is 0.274 e. The van der Waals surface area contributed by atoms with Gasteiger partial charge in [-0.25, -0.2) is 9.97 Å². The van der Waals surface area contributed by atoms with Gasteiger partial charge >= 0.3 is 0 Å². The summed E-state index contributed by atoms with van der Waals surface area (Å²) in [5.74, 6) is 0.792. The minimum atomic E-state index is -0.363. The number of carbonyl (C=O) groups excluding carboxylic acids is 1. The van der Waals surface area contributed by atoms with Crippen molar-refractivity contribution in [1.29, 1.82) is 0 Å². The molecule has 1 aromatic heterocycles. The summed E-state index contributed by atoms with van der Waals surface area (Å²) in [6.07, 6.45) is 2.11. The van der Waals surface area contributed by atoms with E-state index in [1.165, 1.54) is 0 Å². The van der Waals surface area contributed by atoms with Crippen molar-refractivity contribution in [1.82, 2.24) is 9.97 Å². The zero-order chi connectivity index (χ0) is 16.8. The standard InChI is InChI=1S/C16H18Cl2N4O/c1-3-4-7-19-15-9-14(20-10(2)21-15)16(23)22-13-8-11(17)5-6-12(13)18/h5-6,8-9H,3-4,7H2,1-2H3,(H,22,23)(H,19,20,21). The third kappa shape index (κ3) is 5.08. The highest BCUT2D eigenvalue weighted by atomic mass is 35.5. The normalized spacial score (nSPS) is 10.4. The molecule has 0 saturated carbocycles. The van der Waals surface area contributed by atoms with Crippen LogP contribution in [0.1, 0.15) is 36.1 Å². The van der Waals surface area contributed by atoms with Crippen LogP contribution in [0.2, 0.25) is 10.0 Å². The van der Waals surface area contributed by atoms with Crippen molar-refractivity contribution in [2.24, 2.45) is 0 Å². The predicted octanol–water partition coefficient (Wildman–Crippen LogP) is 4.56. The second-order valence-corrected chi connectivity index (χ2v) is 5.89. The fourth-order valence-electron chi connectivity index (χ4n) is 1.95. The summed E-state index contributed by atoms with van der Waals surface area (Å²) in [7, 11) is 0. The number of hydrogen-bond donors (Lipinski definition) is 2. The third-order valence-corrected chi connectivity index (χ3v) is 3.65. The molecular formula is C16H18Cl2N4O. The van der Waals surface area contributed by atoms with E-state index in [0.29, 0.717) is 27.4 Å². The summed E-state index contributed by atoms with van der Waals surface area (Å²) in [5, 5.41) is 6.81. The molecule has 0 fully saturated rings. The number of benzene rings is 1. The van der Waals surface area contributed by atoms with E-state index >= 15 is 0 Å². The fourth-order valence-corrected chi connectivity index (χ4v) is 2.28. The number of nitrogens with zero attached hydrogens (tertiary/aromatic N) is 2. The van der Waals surface area contributed by atoms with Crippen LogP contribution in [0.5, 0.6) is 0 Å². The molecule has 0 unspecified atom stereocenters. The summed E-state index contributed by atoms with van der Waals surface area (Å²) in [5.41, 5.74) is 0.716. The average Bonchev–Trinajstić information content (AvgIpc) is 2.50. The van der Waals surface area contributed by atoms with Crippen molar-refractivity contribution in [3.63, 3.8) is 0 Å². The van der Waals surface area contributed by atoms with Crippen LogP contribution in [-0.2, 0) is 0 Å². The first-order chi connectivity index (χ1) is 11.0. The van der Waals surface area contributed by atoms with Crippen LogP contribution in [0.15, 0.2) is 24.3 Å². The molecule has 0 aliphatic rings. The first-order valence-corrected chi connectivity index (χ1v) is 8.11. The van der Waals surface area contributed by atoms with Gasteiger partial charge in [0, 0.05) is 17.6 Å². The van der Waals surface area contributed by atoms with E-state index in [2.05, 4.69) is 27.5 Å². The average molecular weight is 353 g/mol. The number of halogens is 2. The molecule has 0 bridgehead atoms. The highest BCUT2D eigenvalue weighted by molar-refractivity contribution is 6.35. The highest BCUT2D eigenvalue weighted by Gasteiger charge is 2.12. The zero-order valence-corrected chi connectivity index (χ0v) is 14.5. The maximum atomic E-state index is 12.4. The lowest BCUT2D eigenvalue weighted by molar-refractivity contribution is 0.102. The smallest absolute Gasteiger partial charge is 0.274 e. The molecule has 23 heavy (non-hydrogen) atoms. The van der Waals surface area contributed by atoms with Crippen LogP contribution in [0.3, 0.4) is 0 Å². The Hall–Kier alpha value is -1.85. The van der Waals surface area contributed by atoms with E-state index in [0.717, 1.165) is 19.4 Å². The van der Waals surface area contributed by atoms with Crippen molar-refractivity contribution in [3.05, 3.63) is 45.8 Å². The Labute approximate surface area is 145 Å². The quantitative estimate of drug-likeness (QED) is 0.748. The van der Waals surface area contributed by atoms with E-state index in [4.69, 9.17) is 23.2 Å². The second kappa shape index (κ2) is 8.13. The lowest BCUT2D eigenvalue weighted by Gasteiger charge is -2.10. The molecule has 5 nitrogen and oxygen atoms in total. The van der Waals surface area contributed by atoms with Crippen LogP contribution in [-0.4, -0.2) is 22.4 Å². The number of carbonyl (C=O) groups is 1. The van der Waals surface area contributed by atoms with Gasteiger partial charge < -0.3 is 10.6 Å². The minimum Gasteiger partial charge on any atom is -0.370 e. The van der Waals surface area contributed by atoms with E-state index in [1.807, 2.05) is 0 Å². The third-order valence-electron chi connectivity index (χ3n) is 3.08. The van der Waals surface area contributed by atoms with E-state index in [-0.39, 0.29) is 11.6 Å². The highest BCUT2D eigenvalue weighted by Crippen LogP contribution is 2.25. The monoisotopic (exact) mass is 352 g/mol. The molecule has 0 radical (unpaired) electrons. The first-order valence-electron chi connectivity index (χ1n) is 7.35. The molecule has 0 spiro atoms. The molecule has 1 aromatic carbocycles. The van der Waals surface area contributed by atoms with Crippen LogP contribution in [0.25, 0.3) is 0 Å². The Balaban J connectivity index is 2.16. The van der Waals surface area contributed by atoms with Gasteiger partial charge in [-0.05, 0) is 31.5 Å². The largest absolute Gasteiger partial charge is 0.370 e. The Morgan fingerprint density at radius 2 is 2.00 bits per heavy atom. The molecule has 2 rings (SSSR count). The number of unbranched alkanes of at least 4 members (excludes halogenated alkanes) is 1. The van der Waals surface area contributed by atoms with Gasteiger partial charge in [0.2, 0.25) is 0 Å². The van der Waals surface area contributed by atoms with Gasteiger partial charge in [0.15, 0.2) is 0 Å². The molecule has 1 heterocycles. The summed E-state index contributed by atoms with van der Waals surface area (Å²) in [6.45, 7) is 4.66. The molecule has 0 atom stereocenters. The van der Waals surface area contributed by atoms with Crippen LogP contribution >= 0.6 is 23.2 Å². The van der Waals surface area contributed by atoms with Gasteiger partial charge in [-0.3, -0.25) is 4.79 Å². The van der Waals surface area contributed by atoms with Crippen molar-refractivity contribution in [2.45, 2.75) is 26.7 Å². The van der Waals surface area contributed by atoms with Crippen LogP contribution in [0.4, 0.5) is 11.5 Å². The van der Waals surface area contributed by atoms with Crippen molar-refractivity contribution < 1.29 is 4.79 Å². The fraction of sp³-hybridized carbons (Fsp3) is 0.312. The van der Waals surface area contributed by atoms with E-state index in [9.17, 15) is 4.79 Å².